The van der Waals surface area contributed by atoms with Crippen molar-refractivity contribution in [2.75, 3.05) is 0 Å². The van der Waals surface area contributed by atoms with Crippen molar-refractivity contribution < 1.29 is 9.90 Å². The number of carbonyl (C=O) groups excluding carboxylic acids is 1. The molecule has 0 radical (unpaired) electrons. The summed E-state index contributed by atoms with van der Waals surface area (Å²) < 4.78 is 0. The lowest BCUT2D eigenvalue weighted by Gasteiger charge is -1.93. The van der Waals surface area contributed by atoms with Crippen LogP contribution in [0.2, 0.25) is 0 Å². The molecule has 0 aliphatic carbocycles. The Morgan fingerprint density at radius 3 is 2.64 bits per heavy atom. The van der Waals surface area contributed by atoms with Crippen LogP contribution < -0.4 is 0 Å². The highest BCUT2D eigenvalue weighted by atomic mass is 16.3. The molecular weight excluding hydrogens is 140 g/mol. The lowest BCUT2D eigenvalue weighted by atomic mass is 10.1. The van der Waals surface area contributed by atoms with E-state index in [1.54, 1.807) is 6.08 Å². The highest BCUT2D eigenvalue weighted by Gasteiger charge is 1.88. The fraction of sp³-hybridized carbons (Fsp3) is 0.667. The van der Waals surface area contributed by atoms with Crippen LogP contribution in [0.3, 0.4) is 0 Å². The summed E-state index contributed by atoms with van der Waals surface area (Å²) in [5, 5.41) is 8.71. The van der Waals surface area contributed by atoms with E-state index in [0.29, 0.717) is 6.29 Å². The Bertz CT molecular complexity index is 128. The Hall–Kier alpha value is -0.790. The van der Waals surface area contributed by atoms with E-state index in [1.165, 1.54) is 19.3 Å². The Morgan fingerprint density at radius 1 is 1.36 bits per heavy atom. The number of aldehydes is 1. The van der Waals surface area contributed by atoms with Gasteiger partial charge in [0.1, 0.15) is 0 Å². The maximum Gasteiger partial charge on any atom is 0.184 e. The molecule has 2 heteroatoms. The van der Waals surface area contributed by atoms with Gasteiger partial charge in [0, 0.05) is 0 Å². The standard InChI is InChI=1S/C9H16O2/c1-2-3-4-5-6-7-9(11)8-10/h7-8,11H,2-6H2,1H3. The van der Waals surface area contributed by atoms with Crippen molar-refractivity contribution in [1.82, 2.24) is 0 Å². The van der Waals surface area contributed by atoms with E-state index in [4.69, 9.17) is 5.11 Å². The molecule has 0 saturated heterocycles. The number of hydrogen-bond acceptors (Lipinski definition) is 2. The van der Waals surface area contributed by atoms with Gasteiger partial charge in [0.05, 0.1) is 0 Å². The molecular formula is C9H16O2. The summed E-state index contributed by atoms with van der Waals surface area (Å²) in [6.07, 6.45) is 7.54. The molecule has 0 atom stereocenters. The van der Waals surface area contributed by atoms with Crippen LogP contribution in [0.4, 0.5) is 0 Å². The van der Waals surface area contributed by atoms with Crippen molar-refractivity contribution in [3.05, 3.63) is 11.8 Å². The second kappa shape index (κ2) is 7.32. The quantitative estimate of drug-likeness (QED) is 0.278. The van der Waals surface area contributed by atoms with Gasteiger partial charge >= 0.3 is 0 Å². The van der Waals surface area contributed by atoms with E-state index in [1.807, 2.05) is 0 Å². The molecule has 0 rings (SSSR count). The van der Waals surface area contributed by atoms with Crippen LogP contribution in [0, 0.1) is 0 Å². The molecule has 0 spiro atoms. The summed E-state index contributed by atoms with van der Waals surface area (Å²) in [4.78, 5) is 9.91. The van der Waals surface area contributed by atoms with E-state index in [9.17, 15) is 4.79 Å². The van der Waals surface area contributed by atoms with Crippen molar-refractivity contribution >= 4 is 6.29 Å². The summed E-state index contributed by atoms with van der Waals surface area (Å²) in [5.74, 6) is -0.138. The lowest BCUT2D eigenvalue weighted by molar-refractivity contribution is -0.107. The van der Waals surface area contributed by atoms with E-state index < -0.39 is 0 Å². The Kier molecular flexibility index (Phi) is 6.79. The van der Waals surface area contributed by atoms with Gasteiger partial charge in [0.15, 0.2) is 12.0 Å². The van der Waals surface area contributed by atoms with Gasteiger partial charge in [-0.15, -0.1) is 0 Å². The van der Waals surface area contributed by atoms with Gasteiger partial charge in [0.2, 0.25) is 0 Å². The largest absolute Gasteiger partial charge is 0.505 e. The number of unbranched alkanes of at least 4 members (excludes halogenated alkanes) is 4. The Balaban J connectivity index is 3.19. The van der Waals surface area contributed by atoms with Crippen LogP contribution in [0.15, 0.2) is 11.8 Å². The molecule has 0 saturated carbocycles. The Labute approximate surface area is 67.9 Å². The zero-order chi connectivity index (χ0) is 8.53. The predicted molar refractivity (Wildman–Crippen MR) is 45.5 cm³/mol. The van der Waals surface area contributed by atoms with Gasteiger partial charge in [-0.1, -0.05) is 26.2 Å². The molecule has 0 aromatic rings. The van der Waals surface area contributed by atoms with Crippen molar-refractivity contribution in [2.24, 2.45) is 0 Å². The van der Waals surface area contributed by atoms with E-state index in [-0.39, 0.29) is 5.76 Å². The van der Waals surface area contributed by atoms with Crippen molar-refractivity contribution in [3.63, 3.8) is 0 Å². The number of hydrogen-bond donors (Lipinski definition) is 1. The second-order valence-electron chi connectivity index (χ2n) is 2.60. The lowest BCUT2D eigenvalue weighted by Crippen LogP contribution is -1.81. The summed E-state index contributed by atoms with van der Waals surface area (Å²) in [5.41, 5.74) is 0. The van der Waals surface area contributed by atoms with E-state index in [2.05, 4.69) is 6.92 Å². The maximum absolute atomic E-state index is 9.91. The molecule has 0 heterocycles. The first-order valence-corrected chi connectivity index (χ1v) is 4.15. The molecule has 0 fully saturated rings. The van der Waals surface area contributed by atoms with Crippen LogP contribution >= 0.6 is 0 Å². The van der Waals surface area contributed by atoms with Gasteiger partial charge in [-0.05, 0) is 18.9 Å². The molecule has 2 nitrogen and oxygen atoms in total. The fourth-order valence-electron chi connectivity index (χ4n) is 0.869. The van der Waals surface area contributed by atoms with Crippen molar-refractivity contribution in [3.8, 4) is 0 Å². The minimum absolute atomic E-state index is 0.138. The number of aliphatic hydroxyl groups excluding tert-OH is 1. The fourth-order valence-corrected chi connectivity index (χ4v) is 0.869. The number of allylic oxidation sites excluding steroid dienone is 2. The van der Waals surface area contributed by atoms with Gasteiger partial charge in [-0.2, -0.15) is 0 Å². The van der Waals surface area contributed by atoms with Crippen molar-refractivity contribution in [1.29, 1.82) is 0 Å². The zero-order valence-electron chi connectivity index (χ0n) is 7.05. The highest BCUT2D eigenvalue weighted by Crippen LogP contribution is 2.03. The average molecular weight is 156 g/mol. The van der Waals surface area contributed by atoms with Gasteiger partial charge in [0.25, 0.3) is 0 Å². The van der Waals surface area contributed by atoms with Crippen LogP contribution in [-0.4, -0.2) is 11.4 Å². The Morgan fingerprint density at radius 2 is 2.09 bits per heavy atom. The summed E-state index contributed by atoms with van der Waals surface area (Å²) >= 11 is 0. The molecule has 0 bridgehead atoms. The molecule has 64 valence electrons. The molecule has 11 heavy (non-hydrogen) atoms. The van der Waals surface area contributed by atoms with Crippen LogP contribution in [-0.2, 0) is 4.79 Å². The van der Waals surface area contributed by atoms with Crippen molar-refractivity contribution in [2.45, 2.75) is 39.0 Å². The highest BCUT2D eigenvalue weighted by molar-refractivity contribution is 5.69. The summed E-state index contributed by atoms with van der Waals surface area (Å²) in [6, 6.07) is 0. The molecule has 0 aromatic heterocycles. The number of rotatable bonds is 6. The molecule has 0 aliphatic rings. The minimum atomic E-state index is -0.138. The zero-order valence-corrected chi connectivity index (χ0v) is 7.05. The SMILES string of the molecule is CCCCCCC=C(O)C=O. The first kappa shape index (κ1) is 10.2. The molecule has 0 unspecified atom stereocenters. The topological polar surface area (TPSA) is 37.3 Å². The molecule has 0 aromatic carbocycles. The van der Waals surface area contributed by atoms with Gasteiger partial charge < -0.3 is 5.11 Å². The van der Waals surface area contributed by atoms with E-state index >= 15 is 0 Å². The predicted octanol–water partition coefficient (Wildman–Crippen LogP) is 2.60. The third kappa shape index (κ3) is 7.10. The molecule has 0 amide bonds. The normalized spacial score (nSPS) is 11.5. The van der Waals surface area contributed by atoms with Gasteiger partial charge in [-0.25, -0.2) is 0 Å². The summed E-state index contributed by atoms with van der Waals surface area (Å²) in [7, 11) is 0. The molecule has 1 N–H and O–H groups in total. The molecule has 0 aliphatic heterocycles. The first-order valence-electron chi connectivity index (χ1n) is 4.15. The monoisotopic (exact) mass is 156 g/mol. The smallest absolute Gasteiger partial charge is 0.184 e. The minimum Gasteiger partial charge on any atom is -0.505 e. The average Bonchev–Trinajstić information content (AvgIpc) is 2.04. The summed E-state index contributed by atoms with van der Waals surface area (Å²) in [6.45, 7) is 2.15. The second-order valence-corrected chi connectivity index (χ2v) is 2.60. The first-order chi connectivity index (χ1) is 5.31. The number of carbonyl (C=O) groups is 1. The van der Waals surface area contributed by atoms with Crippen LogP contribution in [0.1, 0.15) is 39.0 Å². The van der Waals surface area contributed by atoms with Crippen LogP contribution in [0.5, 0.6) is 0 Å². The maximum atomic E-state index is 9.91. The van der Waals surface area contributed by atoms with Gasteiger partial charge in [-0.3, -0.25) is 4.79 Å². The third-order valence-electron chi connectivity index (χ3n) is 1.53. The third-order valence-corrected chi connectivity index (χ3v) is 1.53. The van der Waals surface area contributed by atoms with Crippen LogP contribution in [0.25, 0.3) is 0 Å². The van der Waals surface area contributed by atoms with E-state index in [0.717, 1.165) is 12.8 Å². The number of aliphatic hydroxyl groups is 1.